The lowest BCUT2D eigenvalue weighted by Crippen LogP contribution is -2.14. The smallest absolute Gasteiger partial charge is 0.335 e. The number of aromatic hydroxyl groups is 1. The fourth-order valence-corrected chi connectivity index (χ4v) is 1.16. The second kappa shape index (κ2) is 3.62. The molecule has 0 aromatic heterocycles. The highest BCUT2D eigenvalue weighted by molar-refractivity contribution is 5.88. The van der Waals surface area contributed by atoms with Crippen molar-refractivity contribution in [3.8, 4) is 11.8 Å². The minimum atomic E-state index is -1.12. The summed E-state index contributed by atoms with van der Waals surface area (Å²) in [5.74, 6) is -1.27. The zero-order valence-electron chi connectivity index (χ0n) is 8.48. The maximum absolute atomic E-state index is 10.7. The lowest BCUT2D eigenvalue weighted by molar-refractivity contribution is 0.0696. The molecule has 1 aromatic rings. The first kappa shape index (κ1) is 11.1. The van der Waals surface area contributed by atoms with E-state index in [9.17, 15) is 9.90 Å². The van der Waals surface area contributed by atoms with Crippen molar-refractivity contribution in [2.45, 2.75) is 19.3 Å². The molecule has 4 nitrogen and oxygen atoms in total. The first-order valence-corrected chi connectivity index (χ1v) is 4.36. The predicted octanol–water partition coefficient (Wildman–Crippen LogP) is 1.89. The van der Waals surface area contributed by atoms with E-state index in [4.69, 9.17) is 10.4 Å². The van der Waals surface area contributed by atoms with E-state index in [0.717, 1.165) is 6.07 Å². The van der Waals surface area contributed by atoms with Crippen molar-refractivity contribution < 1.29 is 15.0 Å². The van der Waals surface area contributed by atoms with Gasteiger partial charge < -0.3 is 10.2 Å². The summed E-state index contributed by atoms with van der Waals surface area (Å²) in [6.45, 7) is 3.32. The maximum atomic E-state index is 10.7. The third-order valence-electron chi connectivity index (χ3n) is 2.17. The average molecular weight is 205 g/mol. The van der Waals surface area contributed by atoms with Gasteiger partial charge in [0.1, 0.15) is 5.75 Å². The lowest BCUT2D eigenvalue weighted by Gasteiger charge is -2.16. The molecule has 0 saturated heterocycles. The van der Waals surface area contributed by atoms with Gasteiger partial charge in [-0.1, -0.05) is 0 Å². The molecular formula is C11H11NO3. The van der Waals surface area contributed by atoms with Gasteiger partial charge >= 0.3 is 5.97 Å². The van der Waals surface area contributed by atoms with Gasteiger partial charge in [-0.2, -0.15) is 5.26 Å². The predicted molar refractivity (Wildman–Crippen MR) is 53.7 cm³/mol. The van der Waals surface area contributed by atoms with Crippen LogP contribution in [0.1, 0.15) is 29.8 Å². The van der Waals surface area contributed by atoms with Crippen molar-refractivity contribution in [2.24, 2.45) is 0 Å². The number of carboxylic acid groups (broad SMARTS) is 1. The molecule has 15 heavy (non-hydrogen) atoms. The van der Waals surface area contributed by atoms with E-state index in [1.807, 2.05) is 6.07 Å². The van der Waals surface area contributed by atoms with Gasteiger partial charge in [-0.25, -0.2) is 4.79 Å². The van der Waals surface area contributed by atoms with Crippen molar-refractivity contribution in [2.75, 3.05) is 0 Å². The molecule has 0 radical (unpaired) electrons. The molecule has 0 spiro atoms. The molecule has 0 unspecified atom stereocenters. The van der Waals surface area contributed by atoms with Gasteiger partial charge in [0.05, 0.1) is 17.0 Å². The van der Waals surface area contributed by atoms with Crippen molar-refractivity contribution in [1.29, 1.82) is 5.26 Å². The summed E-state index contributed by atoms with van der Waals surface area (Å²) in [7, 11) is 0. The first-order chi connectivity index (χ1) is 6.86. The average Bonchev–Trinajstić information content (AvgIpc) is 2.16. The molecule has 0 heterocycles. The van der Waals surface area contributed by atoms with Gasteiger partial charge in [0.2, 0.25) is 0 Å². The number of phenols is 1. The van der Waals surface area contributed by atoms with Gasteiger partial charge in [0, 0.05) is 0 Å². The highest BCUT2D eigenvalue weighted by Gasteiger charge is 2.21. The largest absolute Gasteiger partial charge is 0.508 e. The summed E-state index contributed by atoms with van der Waals surface area (Å²) in [5.41, 5.74) is -0.348. The summed E-state index contributed by atoms with van der Waals surface area (Å²) in [6.07, 6.45) is 0. The molecule has 0 atom stereocenters. The molecule has 0 aliphatic rings. The normalized spacial score (nSPS) is 10.7. The van der Waals surface area contributed by atoms with E-state index in [1.54, 1.807) is 13.8 Å². The molecule has 1 rings (SSSR count). The molecule has 0 bridgehead atoms. The molecule has 0 fully saturated rings. The van der Waals surface area contributed by atoms with E-state index < -0.39 is 11.4 Å². The second-order valence-corrected chi connectivity index (χ2v) is 3.81. The summed E-state index contributed by atoms with van der Waals surface area (Å²) in [4.78, 5) is 10.7. The topological polar surface area (TPSA) is 81.3 Å². The van der Waals surface area contributed by atoms with Crippen LogP contribution in [0.3, 0.4) is 0 Å². The van der Waals surface area contributed by atoms with Gasteiger partial charge in [0.25, 0.3) is 0 Å². The molecule has 0 saturated carbocycles. The van der Waals surface area contributed by atoms with Crippen molar-refractivity contribution in [3.63, 3.8) is 0 Å². The van der Waals surface area contributed by atoms with Gasteiger partial charge in [-0.05, 0) is 37.6 Å². The Hall–Kier alpha value is -2.02. The number of rotatable bonds is 2. The van der Waals surface area contributed by atoms with E-state index >= 15 is 0 Å². The number of hydrogen-bond acceptors (Lipinski definition) is 3. The third-order valence-corrected chi connectivity index (χ3v) is 2.17. The second-order valence-electron chi connectivity index (χ2n) is 3.81. The van der Waals surface area contributed by atoms with Crippen molar-refractivity contribution in [1.82, 2.24) is 0 Å². The molecule has 0 amide bonds. The van der Waals surface area contributed by atoms with E-state index in [0.29, 0.717) is 5.56 Å². The van der Waals surface area contributed by atoms with Gasteiger partial charge in [-0.15, -0.1) is 0 Å². The molecule has 1 aromatic carbocycles. The number of aromatic carboxylic acids is 1. The van der Waals surface area contributed by atoms with Crippen molar-refractivity contribution in [3.05, 3.63) is 29.3 Å². The fraction of sp³-hybridized carbons (Fsp3) is 0.273. The fourth-order valence-electron chi connectivity index (χ4n) is 1.16. The number of benzene rings is 1. The van der Waals surface area contributed by atoms with Crippen LogP contribution in [0.15, 0.2) is 18.2 Å². The Morgan fingerprint density at radius 2 is 2.00 bits per heavy atom. The number of nitriles is 1. The van der Waals surface area contributed by atoms with Crippen molar-refractivity contribution >= 4 is 5.97 Å². The first-order valence-electron chi connectivity index (χ1n) is 4.36. The maximum Gasteiger partial charge on any atom is 0.335 e. The van der Waals surface area contributed by atoms with Crippen LogP contribution in [0.25, 0.3) is 0 Å². The van der Waals surface area contributed by atoms with E-state index in [-0.39, 0.29) is 11.3 Å². The molecule has 0 aliphatic heterocycles. The quantitative estimate of drug-likeness (QED) is 0.772. The SMILES string of the molecule is CC(C)(C#N)c1cc(O)cc(C(=O)O)c1. The summed E-state index contributed by atoms with van der Waals surface area (Å²) in [6, 6.07) is 5.99. The molecule has 0 aliphatic carbocycles. The Morgan fingerprint density at radius 1 is 1.40 bits per heavy atom. The number of hydrogen-bond donors (Lipinski definition) is 2. The zero-order valence-corrected chi connectivity index (χ0v) is 8.48. The number of carbonyl (C=O) groups is 1. The van der Waals surface area contributed by atoms with Gasteiger partial charge in [0.15, 0.2) is 0 Å². The molecular weight excluding hydrogens is 194 g/mol. The zero-order chi connectivity index (χ0) is 11.6. The van der Waals surface area contributed by atoms with Crippen LogP contribution in [0.5, 0.6) is 5.75 Å². The van der Waals surface area contributed by atoms with E-state index in [2.05, 4.69) is 0 Å². The monoisotopic (exact) mass is 205 g/mol. The Morgan fingerprint density at radius 3 is 2.47 bits per heavy atom. The molecule has 78 valence electrons. The Bertz CT molecular complexity index is 444. The Kier molecular flexibility index (Phi) is 2.67. The molecule has 2 N–H and O–H groups in total. The van der Waals surface area contributed by atoms with Crippen LogP contribution in [0.2, 0.25) is 0 Å². The van der Waals surface area contributed by atoms with Crippen LogP contribution in [-0.2, 0) is 5.41 Å². The van der Waals surface area contributed by atoms with Crippen LogP contribution in [-0.4, -0.2) is 16.2 Å². The highest BCUT2D eigenvalue weighted by Crippen LogP contribution is 2.26. The summed E-state index contributed by atoms with van der Waals surface area (Å²) in [5, 5.41) is 27.0. The number of phenolic OH excluding ortho intramolecular Hbond substituents is 1. The standard InChI is InChI=1S/C11H11NO3/c1-11(2,6-12)8-3-7(10(14)15)4-9(13)5-8/h3-5,13H,1-2H3,(H,14,15). The highest BCUT2D eigenvalue weighted by atomic mass is 16.4. The van der Waals surface area contributed by atoms with E-state index in [1.165, 1.54) is 12.1 Å². The minimum Gasteiger partial charge on any atom is -0.508 e. The van der Waals surface area contributed by atoms with Gasteiger partial charge in [-0.3, -0.25) is 0 Å². The molecule has 4 heteroatoms. The van der Waals surface area contributed by atoms with Crippen LogP contribution < -0.4 is 0 Å². The summed E-state index contributed by atoms with van der Waals surface area (Å²) >= 11 is 0. The third kappa shape index (κ3) is 2.26. The Labute approximate surface area is 87.4 Å². The van der Waals surface area contributed by atoms with Crippen LogP contribution >= 0.6 is 0 Å². The number of nitrogens with zero attached hydrogens (tertiary/aromatic N) is 1. The Balaban J connectivity index is 3.34. The lowest BCUT2D eigenvalue weighted by atomic mass is 9.85. The minimum absolute atomic E-state index is 0.0201. The summed E-state index contributed by atoms with van der Waals surface area (Å²) < 4.78 is 0. The number of carboxylic acids is 1. The van der Waals surface area contributed by atoms with Crippen LogP contribution in [0, 0.1) is 11.3 Å². The van der Waals surface area contributed by atoms with Crippen LogP contribution in [0.4, 0.5) is 0 Å².